The zero-order chi connectivity index (χ0) is 8.72. The lowest BCUT2D eigenvalue weighted by atomic mass is 9.91. The Balaban J connectivity index is 2.43. The Morgan fingerprint density at radius 3 is 3.17 bits per heavy atom. The first-order valence-electron chi connectivity index (χ1n) is 3.94. The highest BCUT2D eigenvalue weighted by Gasteiger charge is 2.31. The number of carbonyl (C=O) groups is 1. The smallest absolute Gasteiger partial charge is 0.200 e. The van der Waals surface area contributed by atoms with Gasteiger partial charge in [-0.05, 0) is 22.9 Å². The molecule has 2 aliphatic rings. The molecule has 0 N–H and O–H groups in total. The number of hydrogen-bond acceptors (Lipinski definition) is 2. The summed E-state index contributed by atoms with van der Waals surface area (Å²) in [6, 6.07) is 0. The van der Waals surface area contributed by atoms with Gasteiger partial charge in [-0.3, -0.25) is 4.79 Å². The quantitative estimate of drug-likeness (QED) is 0.636. The molecule has 0 bridgehead atoms. The van der Waals surface area contributed by atoms with Crippen LogP contribution in [-0.4, -0.2) is 12.4 Å². The van der Waals surface area contributed by atoms with Crippen molar-refractivity contribution in [3.05, 3.63) is 21.9 Å². The fraction of sp³-hybridized carbons (Fsp3) is 0.444. The van der Waals surface area contributed by atoms with Gasteiger partial charge in [0, 0.05) is 5.57 Å². The van der Waals surface area contributed by atoms with Crippen molar-refractivity contribution in [1.82, 2.24) is 0 Å². The van der Waals surface area contributed by atoms with Gasteiger partial charge in [0.15, 0.2) is 12.4 Å². The van der Waals surface area contributed by atoms with Crippen LogP contribution in [0.15, 0.2) is 21.9 Å². The average molecular weight is 229 g/mol. The van der Waals surface area contributed by atoms with Crippen molar-refractivity contribution >= 4 is 21.7 Å². The molecule has 1 aliphatic carbocycles. The Labute approximate surface area is 79.4 Å². The van der Waals surface area contributed by atoms with Gasteiger partial charge in [0.2, 0.25) is 0 Å². The maximum atomic E-state index is 11.3. The summed E-state index contributed by atoms with van der Waals surface area (Å²) in [5.74, 6) is 1.22. The third-order valence-corrected chi connectivity index (χ3v) is 2.76. The summed E-state index contributed by atoms with van der Waals surface area (Å²) in [7, 11) is 0. The molecule has 0 amide bonds. The molecule has 2 nitrogen and oxygen atoms in total. The molecule has 2 rings (SSSR count). The highest BCUT2D eigenvalue weighted by atomic mass is 79.9. The predicted molar refractivity (Wildman–Crippen MR) is 48.8 cm³/mol. The van der Waals surface area contributed by atoms with Gasteiger partial charge in [-0.1, -0.05) is 22.9 Å². The molecule has 0 radical (unpaired) electrons. The van der Waals surface area contributed by atoms with Crippen LogP contribution < -0.4 is 0 Å². The van der Waals surface area contributed by atoms with Crippen LogP contribution in [-0.2, 0) is 9.53 Å². The number of carbonyl (C=O) groups excluding carboxylic acids is 1. The third kappa shape index (κ3) is 1.12. The molecule has 0 aromatic heterocycles. The Kier molecular flexibility index (Phi) is 1.83. The molecule has 0 saturated heterocycles. The summed E-state index contributed by atoms with van der Waals surface area (Å²) in [5.41, 5.74) is 0.873. The van der Waals surface area contributed by atoms with Gasteiger partial charge < -0.3 is 4.74 Å². The molecule has 1 unspecified atom stereocenters. The summed E-state index contributed by atoms with van der Waals surface area (Å²) in [6.07, 6.45) is 2.81. The van der Waals surface area contributed by atoms with Crippen molar-refractivity contribution in [3.63, 3.8) is 0 Å². The zero-order valence-corrected chi connectivity index (χ0v) is 8.35. The van der Waals surface area contributed by atoms with Crippen molar-refractivity contribution in [3.8, 4) is 0 Å². The van der Waals surface area contributed by atoms with E-state index in [0.717, 1.165) is 22.2 Å². The van der Waals surface area contributed by atoms with Gasteiger partial charge in [-0.2, -0.15) is 0 Å². The van der Waals surface area contributed by atoms with Gasteiger partial charge in [-0.15, -0.1) is 0 Å². The maximum Gasteiger partial charge on any atom is 0.200 e. The second kappa shape index (κ2) is 2.73. The van der Waals surface area contributed by atoms with Gasteiger partial charge in [0.25, 0.3) is 0 Å². The molecule has 64 valence electrons. The molecule has 1 aliphatic heterocycles. The Morgan fingerprint density at radius 1 is 1.67 bits per heavy atom. The van der Waals surface area contributed by atoms with E-state index >= 15 is 0 Å². The Morgan fingerprint density at radius 2 is 2.42 bits per heavy atom. The van der Waals surface area contributed by atoms with Crippen molar-refractivity contribution in [2.45, 2.75) is 13.3 Å². The molecule has 1 heterocycles. The molecule has 1 atom stereocenters. The first-order chi connectivity index (χ1) is 5.68. The number of Topliss-reactive ketones (excluding diaryl/α,β-unsaturated/α-hetero) is 1. The van der Waals surface area contributed by atoms with E-state index < -0.39 is 0 Å². The number of hydrogen-bond donors (Lipinski definition) is 0. The van der Waals surface area contributed by atoms with Gasteiger partial charge >= 0.3 is 0 Å². The van der Waals surface area contributed by atoms with Crippen molar-refractivity contribution in [1.29, 1.82) is 0 Å². The van der Waals surface area contributed by atoms with Gasteiger partial charge in [0.1, 0.15) is 5.76 Å². The van der Waals surface area contributed by atoms with Crippen LogP contribution in [0.3, 0.4) is 0 Å². The average Bonchev–Trinajstić information content (AvgIpc) is 2.31. The number of rotatable bonds is 0. The largest absolute Gasteiger partial charge is 0.485 e. The standard InChI is InChI=1S/C9H9BrO2/c1-5-2-6(10)3-8-9(5)7(11)4-12-8/h3,5H,2,4H2,1H3. The molecule has 0 spiro atoms. The highest BCUT2D eigenvalue weighted by molar-refractivity contribution is 9.11. The first-order valence-corrected chi connectivity index (χ1v) is 4.74. The molecule has 0 fully saturated rings. The van der Waals surface area contributed by atoms with E-state index in [0.29, 0.717) is 5.92 Å². The first kappa shape index (κ1) is 8.05. The zero-order valence-electron chi connectivity index (χ0n) is 6.76. The molecular weight excluding hydrogens is 220 g/mol. The molecule has 0 aromatic rings. The summed E-state index contributed by atoms with van der Waals surface area (Å²) in [4.78, 5) is 11.3. The van der Waals surface area contributed by atoms with Crippen molar-refractivity contribution < 1.29 is 9.53 Å². The third-order valence-electron chi connectivity index (χ3n) is 2.21. The van der Waals surface area contributed by atoms with Crippen LogP contribution in [0.4, 0.5) is 0 Å². The second-order valence-electron chi connectivity index (χ2n) is 3.19. The summed E-state index contributed by atoms with van der Waals surface area (Å²) < 4.78 is 6.35. The lowest BCUT2D eigenvalue weighted by Crippen LogP contribution is -2.11. The van der Waals surface area contributed by atoms with Gasteiger partial charge in [0.05, 0.1) is 0 Å². The van der Waals surface area contributed by atoms with Crippen molar-refractivity contribution in [2.75, 3.05) is 6.61 Å². The summed E-state index contributed by atoms with van der Waals surface area (Å²) >= 11 is 3.42. The number of allylic oxidation sites excluding steroid dienone is 2. The Hall–Kier alpha value is -0.570. The molecular formula is C9H9BrO2. The van der Waals surface area contributed by atoms with Crippen LogP contribution >= 0.6 is 15.9 Å². The molecule has 3 heteroatoms. The Bertz CT molecular complexity index is 302. The van der Waals surface area contributed by atoms with E-state index in [2.05, 4.69) is 22.9 Å². The van der Waals surface area contributed by atoms with Crippen LogP contribution in [0, 0.1) is 5.92 Å². The highest BCUT2D eigenvalue weighted by Crippen LogP contribution is 2.35. The van der Waals surface area contributed by atoms with E-state index in [1.54, 1.807) is 0 Å². The van der Waals surface area contributed by atoms with Crippen LogP contribution in [0.2, 0.25) is 0 Å². The second-order valence-corrected chi connectivity index (χ2v) is 4.20. The normalized spacial score (nSPS) is 28.3. The topological polar surface area (TPSA) is 26.3 Å². The fourth-order valence-corrected chi connectivity index (χ4v) is 2.36. The van der Waals surface area contributed by atoms with E-state index in [-0.39, 0.29) is 12.4 Å². The predicted octanol–water partition coefficient (Wildman–Crippen LogP) is 2.16. The fourth-order valence-electron chi connectivity index (χ4n) is 1.67. The monoisotopic (exact) mass is 228 g/mol. The lowest BCUT2D eigenvalue weighted by molar-refractivity contribution is -0.116. The number of ketones is 1. The summed E-state index contributed by atoms with van der Waals surface area (Å²) in [6.45, 7) is 2.28. The van der Waals surface area contributed by atoms with E-state index in [1.807, 2.05) is 6.08 Å². The summed E-state index contributed by atoms with van der Waals surface area (Å²) in [5, 5.41) is 0. The minimum absolute atomic E-state index is 0.147. The lowest BCUT2D eigenvalue weighted by Gasteiger charge is -2.15. The number of halogens is 1. The molecule has 0 aromatic carbocycles. The maximum absolute atomic E-state index is 11.3. The molecule has 0 saturated carbocycles. The minimum Gasteiger partial charge on any atom is -0.485 e. The van der Waals surface area contributed by atoms with Crippen LogP contribution in [0.25, 0.3) is 0 Å². The van der Waals surface area contributed by atoms with Gasteiger partial charge in [-0.25, -0.2) is 0 Å². The molecule has 12 heavy (non-hydrogen) atoms. The van der Waals surface area contributed by atoms with Crippen LogP contribution in [0.1, 0.15) is 13.3 Å². The number of ether oxygens (including phenoxy) is 1. The van der Waals surface area contributed by atoms with E-state index in [4.69, 9.17) is 4.74 Å². The van der Waals surface area contributed by atoms with E-state index in [1.165, 1.54) is 0 Å². The van der Waals surface area contributed by atoms with Crippen molar-refractivity contribution in [2.24, 2.45) is 5.92 Å². The van der Waals surface area contributed by atoms with Crippen LogP contribution in [0.5, 0.6) is 0 Å². The SMILES string of the molecule is CC1CC(Br)=CC2=C1C(=O)CO2. The van der Waals surface area contributed by atoms with E-state index in [9.17, 15) is 4.79 Å². The minimum atomic E-state index is 0.147.